The third-order valence-corrected chi connectivity index (χ3v) is 4.92. The van der Waals surface area contributed by atoms with Crippen LogP contribution in [0.5, 0.6) is 5.75 Å². The second-order valence-electron chi connectivity index (χ2n) is 7.59. The fraction of sp³-hybridized carbons (Fsp3) is 0.364. The molecular weight excluding hydrogens is 397 g/mol. The second-order valence-corrected chi connectivity index (χ2v) is 7.59. The molecule has 5 nitrogen and oxygen atoms in total. The molecule has 1 amide bonds. The van der Waals surface area contributed by atoms with Crippen molar-refractivity contribution in [1.29, 1.82) is 0 Å². The van der Waals surface area contributed by atoms with Crippen molar-refractivity contribution in [3.05, 3.63) is 65.2 Å². The van der Waals surface area contributed by atoms with E-state index >= 15 is 0 Å². The molecule has 8 heteroatoms. The largest absolute Gasteiger partial charge is 0.483 e. The van der Waals surface area contributed by atoms with E-state index in [2.05, 4.69) is 5.10 Å². The predicted molar refractivity (Wildman–Crippen MR) is 106 cm³/mol. The van der Waals surface area contributed by atoms with Crippen LogP contribution in [-0.4, -0.2) is 40.2 Å². The van der Waals surface area contributed by atoms with Crippen LogP contribution in [0, 0.1) is 6.92 Å². The van der Waals surface area contributed by atoms with Gasteiger partial charge in [0.2, 0.25) is 0 Å². The number of carbonyl (C=O) groups excluding carboxylic acids is 1. The lowest BCUT2D eigenvalue weighted by molar-refractivity contribution is -0.302. The van der Waals surface area contributed by atoms with Gasteiger partial charge >= 0.3 is 6.18 Å². The Labute approximate surface area is 172 Å². The predicted octanol–water partition coefficient (Wildman–Crippen LogP) is 4.38. The molecule has 0 bridgehead atoms. The molecule has 0 spiro atoms. The Hall–Kier alpha value is -2.87. The fourth-order valence-corrected chi connectivity index (χ4v) is 3.26. The maximum atomic E-state index is 13.7. The van der Waals surface area contributed by atoms with Crippen LogP contribution < -0.4 is 4.74 Å². The van der Waals surface area contributed by atoms with E-state index in [-0.39, 0.29) is 16.6 Å². The molecule has 3 rings (SSSR count). The average molecular weight is 420 g/mol. The van der Waals surface area contributed by atoms with Gasteiger partial charge in [-0.05, 0) is 35.6 Å². The van der Waals surface area contributed by atoms with E-state index in [4.69, 9.17) is 4.74 Å². The first-order valence-electron chi connectivity index (χ1n) is 9.51. The highest BCUT2D eigenvalue weighted by Gasteiger charge is 2.63. The van der Waals surface area contributed by atoms with Crippen LogP contribution in [0.2, 0.25) is 0 Å². The van der Waals surface area contributed by atoms with E-state index in [0.29, 0.717) is 11.3 Å². The summed E-state index contributed by atoms with van der Waals surface area (Å²) in [5.41, 5.74) is -1.33. The van der Waals surface area contributed by atoms with Gasteiger partial charge < -0.3 is 9.84 Å². The molecule has 1 aliphatic heterocycles. The first-order chi connectivity index (χ1) is 14.0. The van der Waals surface area contributed by atoms with Crippen LogP contribution in [0.15, 0.2) is 53.6 Å². The Morgan fingerprint density at radius 2 is 1.90 bits per heavy atom. The summed E-state index contributed by atoms with van der Waals surface area (Å²) < 4.78 is 46.6. The number of hydrazone groups is 1. The van der Waals surface area contributed by atoms with Crippen molar-refractivity contribution in [1.82, 2.24) is 5.01 Å². The number of halogens is 3. The first kappa shape index (κ1) is 21.8. The number of amides is 1. The van der Waals surface area contributed by atoms with Crippen molar-refractivity contribution in [2.45, 2.75) is 45.0 Å². The highest BCUT2D eigenvalue weighted by molar-refractivity contribution is 6.03. The third-order valence-electron chi connectivity index (χ3n) is 4.92. The maximum absolute atomic E-state index is 13.7. The Bertz CT molecular complexity index is 958. The van der Waals surface area contributed by atoms with E-state index in [9.17, 15) is 23.1 Å². The molecule has 30 heavy (non-hydrogen) atoms. The molecular formula is C22H23F3N2O3. The van der Waals surface area contributed by atoms with E-state index in [0.717, 1.165) is 11.1 Å². The number of aryl methyl sites for hydroxylation is 1. The summed E-state index contributed by atoms with van der Waals surface area (Å²) >= 11 is 0. The van der Waals surface area contributed by atoms with Gasteiger partial charge in [-0.2, -0.15) is 23.3 Å². The van der Waals surface area contributed by atoms with E-state index in [1.165, 1.54) is 0 Å². The van der Waals surface area contributed by atoms with Gasteiger partial charge in [-0.1, -0.05) is 56.3 Å². The van der Waals surface area contributed by atoms with Crippen molar-refractivity contribution in [2.75, 3.05) is 6.61 Å². The quantitative estimate of drug-likeness (QED) is 0.781. The molecule has 0 saturated heterocycles. The van der Waals surface area contributed by atoms with E-state index in [1.807, 2.05) is 32.9 Å². The van der Waals surface area contributed by atoms with Crippen molar-refractivity contribution in [3.63, 3.8) is 0 Å². The SMILES string of the molecule is Cc1ccc(C(C)C)c(OCC(=O)N2N=C(c3ccccc3)C[C@@]2(O)C(F)(F)F)c1. The van der Waals surface area contributed by atoms with Gasteiger partial charge in [0.05, 0.1) is 12.1 Å². The molecule has 0 saturated carbocycles. The molecule has 1 N–H and O–H groups in total. The summed E-state index contributed by atoms with van der Waals surface area (Å²) in [6, 6.07) is 13.6. The molecule has 2 aromatic rings. The van der Waals surface area contributed by atoms with Crippen LogP contribution in [0.3, 0.4) is 0 Å². The minimum Gasteiger partial charge on any atom is -0.483 e. The monoisotopic (exact) mass is 420 g/mol. The molecule has 0 aliphatic carbocycles. The molecule has 2 aromatic carbocycles. The number of rotatable bonds is 5. The number of alkyl halides is 3. The van der Waals surface area contributed by atoms with Crippen LogP contribution in [-0.2, 0) is 4.79 Å². The van der Waals surface area contributed by atoms with Crippen molar-refractivity contribution in [3.8, 4) is 5.75 Å². The standard InChI is InChI=1S/C22H23F3N2O3/c1-14(2)17-10-9-15(3)11-19(17)30-13-20(28)27-21(29,22(23,24)25)12-18(26-27)16-7-5-4-6-8-16/h4-11,14,29H,12-13H2,1-3H3/t21-/m1/s1. The second kappa shape index (κ2) is 8.10. The zero-order valence-corrected chi connectivity index (χ0v) is 16.9. The highest BCUT2D eigenvalue weighted by atomic mass is 19.4. The molecule has 0 aromatic heterocycles. The minimum atomic E-state index is -5.09. The number of benzene rings is 2. The van der Waals surface area contributed by atoms with Crippen LogP contribution >= 0.6 is 0 Å². The molecule has 1 aliphatic rings. The zero-order valence-electron chi connectivity index (χ0n) is 16.9. The Morgan fingerprint density at radius 1 is 1.23 bits per heavy atom. The van der Waals surface area contributed by atoms with Gasteiger partial charge in [0.25, 0.3) is 11.6 Å². The van der Waals surface area contributed by atoms with Crippen LogP contribution in [0.1, 0.15) is 42.9 Å². The lowest BCUT2D eigenvalue weighted by Gasteiger charge is -2.32. The lowest BCUT2D eigenvalue weighted by atomic mass is 10.0. The maximum Gasteiger partial charge on any atom is 0.438 e. The number of aliphatic hydroxyl groups is 1. The van der Waals surface area contributed by atoms with Gasteiger partial charge in [-0.15, -0.1) is 0 Å². The first-order valence-corrected chi connectivity index (χ1v) is 9.51. The van der Waals surface area contributed by atoms with Crippen molar-refractivity contribution in [2.24, 2.45) is 5.10 Å². The van der Waals surface area contributed by atoms with Gasteiger partial charge in [0.1, 0.15) is 5.75 Å². The van der Waals surface area contributed by atoms with Crippen LogP contribution in [0.4, 0.5) is 13.2 Å². The summed E-state index contributed by atoms with van der Waals surface area (Å²) in [6.07, 6.45) is -5.94. The molecule has 0 fully saturated rings. The summed E-state index contributed by atoms with van der Waals surface area (Å²) in [6.45, 7) is 5.04. The number of carbonyl (C=O) groups is 1. The Kier molecular flexibility index (Phi) is 5.90. The van der Waals surface area contributed by atoms with Gasteiger partial charge in [-0.3, -0.25) is 4.79 Å². The van der Waals surface area contributed by atoms with Gasteiger partial charge in [-0.25, -0.2) is 0 Å². The minimum absolute atomic E-state index is 0.0257. The number of hydrogen-bond donors (Lipinski definition) is 1. The van der Waals surface area contributed by atoms with Gasteiger partial charge in [0, 0.05) is 0 Å². The highest BCUT2D eigenvalue weighted by Crippen LogP contribution is 2.41. The van der Waals surface area contributed by atoms with Gasteiger partial charge in [0.15, 0.2) is 6.61 Å². The summed E-state index contributed by atoms with van der Waals surface area (Å²) in [7, 11) is 0. The van der Waals surface area contributed by atoms with Crippen LogP contribution in [0.25, 0.3) is 0 Å². The number of nitrogens with zero attached hydrogens (tertiary/aromatic N) is 2. The molecule has 1 atom stereocenters. The molecule has 160 valence electrons. The Balaban J connectivity index is 1.87. The smallest absolute Gasteiger partial charge is 0.438 e. The summed E-state index contributed by atoms with van der Waals surface area (Å²) in [5, 5.41) is 14.3. The molecule has 0 radical (unpaired) electrons. The molecule has 1 heterocycles. The normalized spacial score (nSPS) is 19.2. The van der Waals surface area contributed by atoms with Crippen molar-refractivity contribution < 1.29 is 27.8 Å². The third kappa shape index (κ3) is 4.18. The fourth-order valence-electron chi connectivity index (χ4n) is 3.26. The Morgan fingerprint density at radius 3 is 2.50 bits per heavy atom. The number of hydrogen-bond acceptors (Lipinski definition) is 4. The number of ether oxygens (including phenoxy) is 1. The summed E-state index contributed by atoms with van der Waals surface area (Å²) in [4.78, 5) is 12.7. The van der Waals surface area contributed by atoms with E-state index in [1.54, 1.807) is 36.4 Å². The van der Waals surface area contributed by atoms with Crippen molar-refractivity contribution >= 4 is 11.6 Å². The van der Waals surface area contributed by atoms with E-state index < -0.39 is 30.8 Å². The molecule has 0 unspecified atom stereocenters. The zero-order chi connectivity index (χ0) is 22.1. The lowest BCUT2D eigenvalue weighted by Crippen LogP contribution is -2.57. The summed E-state index contributed by atoms with van der Waals surface area (Å²) in [5.74, 6) is -0.574. The average Bonchev–Trinajstić information content (AvgIpc) is 3.05. The topological polar surface area (TPSA) is 62.1 Å².